The summed E-state index contributed by atoms with van der Waals surface area (Å²) in [6.45, 7) is 4.62. The molecule has 1 aromatic heterocycles. The second-order valence-electron chi connectivity index (χ2n) is 6.65. The highest BCUT2D eigenvalue weighted by Crippen LogP contribution is 2.21. The summed E-state index contributed by atoms with van der Waals surface area (Å²) in [4.78, 5) is 11.0. The van der Waals surface area contributed by atoms with E-state index in [-0.39, 0.29) is 17.9 Å². The number of aryl methyl sites for hydroxylation is 1. The Morgan fingerprint density at radius 3 is 2.04 bits per heavy atom. The van der Waals surface area contributed by atoms with E-state index >= 15 is 0 Å². The number of pyridine rings is 1. The quantitative estimate of drug-likeness (QED) is 0.322. The van der Waals surface area contributed by atoms with E-state index < -0.39 is 0 Å². The van der Waals surface area contributed by atoms with Gasteiger partial charge in [0.15, 0.2) is 18.2 Å². The van der Waals surface area contributed by atoms with Crippen molar-refractivity contribution in [3.8, 4) is 5.75 Å². The van der Waals surface area contributed by atoms with Crippen LogP contribution < -0.4 is 4.57 Å². The summed E-state index contributed by atoms with van der Waals surface area (Å²) in [7, 11) is 0. The molecule has 0 aromatic carbocycles. The first-order valence-corrected chi connectivity index (χ1v) is 9.46. The predicted octanol–water partition coefficient (Wildman–Crippen LogP) is 4.21. The Morgan fingerprint density at radius 2 is 1.54 bits per heavy atom. The van der Waals surface area contributed by atoms with Crippen molar-refractivity contribution >= 4 is 6.29 Å². The average Bonchev–Trinajstić information content (AvgIpc) is 2.59. The molecule has 1 rings (SSSR count). The van der Waals surface area contributed by atoms with Gasteiger partial charge in [-0.3, -0.25) is 4.79 Å². The van der Waals surface area contributed by atoms with Gasteiger partial charge in [-0.1, -0.05) is 58.3 Å². The van der Waals surface area contributed by atoms with Crippen molar-refractivity contribution in [1.29, 1.82) is 0 Å². The minimum Gasteiger partial charge on any atom is -0.502 e. The molecule has 1 heterocycles. The number of unbranched alkanes of at least 4 members (excludes halogenated alkanes) is 9. The molecule has 0 unspecified atom stereocenters. The number of hydrogen-bond acceptors (Lipinski definition) is 3. The fraction of sp³-hybridized carbons (Fsp3) is 0.700. The summed E-state index contributed by atoms with van der Waals surface area (Å²) in [5.74, 6) is -0.0105. The van der Waals surface area contributed by atoms with E-state index in [4.69, 9.17) is 0 Å². The zero-order chi connectivity index (χ0) is 17.8. The van der Waals surface area contributed by atoms with Gasteiger partial charge in [0.25, 0.3) is 0 Å². The lowest BCUT2D eigenvalue weighted by Gasteiger charge is -2.08. The molecule has 0 amide bonds. The molecule has 0 saturated carbocycles. The first-order valence-electron chi connectivity index (χ1n) is 9.46. The Kier molecular flexibility index (Phi) is 10.3. The maximum atomic E-state index is 11.0. The number of hydrogen-bond donors (Lipinski definition) is 2. The van der Waals surface area contributed by atoms with E-state index in [1.54, 1.807) is 13.1 Å². The highest BCUT2D eigenvalue weighted by molar-refractivity contribution is 5.81. The zero-order valence-corrected chi connectivity index (χ0v) is 15.4. The number of nitrogens with zero attached hydrogens (tertiary/aromatic N) is 1. The molecule has 0 saturated heterocycles. The molecule has 0 aliphatic rings. The molecule has 0 radical (unpaired) electrons. The molecule has 4 nitrogen and oxygen atoms in total. The van der Waals surface area contributed by atoms with Gasteiger partial charge >= 0.3 is 0 Å². The van der Waals surface area contributed by atoms with Crippen molar-refractivity contribution in [2.24, 2.45) is 0 Å². The fourth-order valence-electron chi connectivity index (χ4n) is 3.10. The first-order chi connectivity index (χ1) is 11.7. The van der Waals surface area contributed by atoms with E-state index in [9.17, 15) is 15.0 Å². The number of aliphatic hydroxyl groups excluding tert-OH is 1. The van der Waals surface area contributed by atoms with Crippen LogP contribution in [-0.4, -0.2) is 16.5 Å². The molecule has 1 aromatic rings. The van der Waals surface area contributed by atoms with Crippen molar-refractivity contribution in [1.82, 2.24) is 0 Å². The molecular formula is C20H34NO3+. The van der Waals surface area contributed by atoms with Crippen molar-refractivity contribution in [2.75, 3.05) is 0 Å². The van der Waals surface area contributed by atoms with Crippen LogP contribution in [-0.2, 0) is 13.2 Å². The molecule has 0 fully saturated rings. The topological polar surface area (TPSA) is 61.4 Å². The van der Waals surface area contributed by atoms with Crippen molar-refractivity contribution < 1.29 is 19.6 Å². The summed E-state index contributed by atoms with van der Waals surface area (Å²) in [6, 6.07) is 0. The Morgan fingerprint density at radius 1 is 1.00 bits per heavy atom. The van der Waals surface area contributed by atoms with Gasteiger partial charge in [-0.25, -0.2) is 0 Å². The maximum absolute atomic E-state index is 11.0. The van der Waals surface area contributed by atoms with Crippen LogP contribution in [0.3, 0.4) is 0 Å². The molecule has 136 valence electrons. The molecule has 0 atom stereocenters. The van der Waals surface area contributed by atoms with Crippen LogP contribution in [0.1, 0.15) is 92.7 Å². The summed E-state index contributed by atoms with van der Waals surface area (Å²) in [6.07, 6.45) is 15.3. The Hall–Kier alpha value is -1.42. The van der Waals surface area contributed by atoms with Crippen molar-refractivity contribution in [2.45, 2.75) is 91.2 Å². The lowest BCUT2D eigenvalue weighted by Crippen LogP contribution is -2.38. The molecule has 0 bridgehead atoms. The number of carbonyl (C=O) groups excluding carboxylic acids is 1. The summed E-state index contributed by atoms with van der Waals surface area (Å²) in [5, 5.41) is 19.4. The summed E-state index contributed by atoms with van der Waals surface area (Å²) >= 11 is 0. The summed E-state index contributed by atoms with van der Waals surface area (Å²) < 4.78 is 1.94. The van der Waals surface area contributed by atoms with Gasteiger partial charge in [0.1, 0.15) is 6.54 Å². The van der Waals surface area contributed by atoms with E-state index in [1.807, 2.05) is 4.57 Å². The largest absolute Gasteiger partial charge is 0.502 e. The third kappa shape index (κ3) is 6.60. The van der Waals surface area contributed by atoms with Crippen LogP contribution in [0.2, 0.25) is 0 Å². The Balaban J connectivity index is 2.30. The third-order valence-electron chi connectivity index (χ3n) is 4.73. The third-order valence-corrected chi connectivity index (χ3v) is 4.73. The maximum Gasteiger partial charge on any atom is 0.221 e. The lowest BCUT2D eigenvalue weighted by molar-refractivity contribution is -0.704. The molecule has 4 heteroatoms. The van der Waals surface area contributed by atoms with Gasteiger partial charge in [0.05, 0.1) is 17.7 Å². The summed E-state index contributed by atoms with van der Waals surface area (Å²) in [5.41, 5.74) is 1.37. The number of rotatable bonds is 13. The average molecular weight is 336 g/mol. The minimum absolute atomic E-state index is 0.0105. The number of aliphatic hydroxyl groups is 1. The van der Waals surface area contributed by atoms with Crippen molar-refractivity contribution in [3.05, 3.63) is 23.0 Å². The molecular weight excluding hydrogens is 302 g/mol. The standard InChI is InChI=1S/C20H33NO3/c1-3-4-5-6-7-8-9-10-11-12-13-21-14-18(15-22)19(16-23)20(24)17(21)2/h14,16,22H,3-13,15H2,1-2H3/p+1. The van der Waals surface area contributed by atoms with Crippen LogP contribution >= 0.6 is 0 Å². The monoisotopic (exact) mass is 336 g/mol. The van der Waals surface area contributed by atoms with Crippen LogP contribution in [0.5, 0.6) is 5.75 Å². The lowest BCUT2D eigenvalue weighted by atomic mass is 10.1. The minimum atomic E-state index is -0.236. The highest BCUT2D eigenvalue weighted by Gasteiger charge is 2.19. The molecule has 0 spiro atoms. The second kappa shape index (κ2) is 12.0. The molecule has 0 aliphatic heterocycles. The second-order valence-corrected chi connectivity index (χ2v) is 6.65. The van der Waals surface area contributed by atoms with E-state index in [1.165, 1.54) is 57.8 Å². The van der Waals surface area contributed by atoms with Gasteiger partial charge in [-0.05, 0) is 6.42 Å². The number of aldehydes is 1. The number of carbonyl (C=O) groups is 1. The normalized spacial score (nSPS) is 11.0. The van der Waals surface area contributed by atoms with Gasteiger partial charge in [-0.2, -0.15) is 4.57 Å². The van der Waals surface area contributed by atoms with Gasteiger partial charge in [0, 0.05) is 13.3 Å². The van der Waals surface area contributed by atoms with Gasteiger partial charge in [0.2, 0.25) is 5.69 Å². The Bertz CT molecular complexity index is 500. The van der Waals surface area contributed by atoms with Gasteiger partial charge in [-0.15, -0.1) is 0 Å². The van der Waals surface area contributed by atoms with E-state index in [0.717, 1.165) is 13.0 Å². The molecule has 2 N–H and O–H groups in total. The van der Waals surface area contributed by atoms with Crippen LogP contribution in [0.15, 0.2) is 6.20 Å². The fourth-order valence-corrected chi connectivity index (χ4v) is 3.10. The van der Waals surface area contributed by atoms with E-state index in [0.29, 0.717) is 17.5 Å². The van der Waals surface area contributed by atoms with Crippen LogP contribution in [0, 0.1) is 6.92 Å². The SMILES string of the molecule is CCCCCCCCCCCC[n+]1cc(CO)c(C=O)c(O)c1C. The Labute approximate surface area is 146 Å². The van der Waals surface area contributed by atoms with Gasteiger partial charge < -0.3 is 10.2 Å². The number of aromatic hydroxyl groups is 1. The number of aromatic nitrogens is 1. The zero-order valence-electron chi connectivity index (χ0n) is 15.4. The molecule has 0 aliphatic carbocycles. The molecule has 24 heavy (non-hydrogen) atoms. The predicted molar refractivity (Wildman–Crippen MR) is 96.2 cm³/mol. The van der Waals surface area contributed by atoms with Crippen molar-refractivity contribution in [3.63, 3.8) is 0 Å². The van der Waals surface area contributed by atoms with Crippen LogP contribution in [0.25, 0.3) is 0 Å². The highest BCUT2D eigenvalue weighted by atomic mass is 16.3. The first kappa shape index (κ1) is 20.6. The van der Waals surface area contributed by atoms with Crippen LogP contribution in [0.4, 0.5) is 0 Å². The smallest absolute Gasteiger partial charge is 0.221 e. The van der Waals surface area contributed by atoms with E-state index in [2.05, 4.69) is 6.92 Å².